The number of ether oxygens (including phenoxy) is 6. The summed E-state index contributed by atoms with van der Waals surface area (Å²) >= 11 is 2.38. The lowest BCUT2D eigenvalue weighted by molar-refractivity contribution is -0.151. The Morgan fingerprint density at radius 3 is 1.22 bits per heavy atom. The topological polar surface area (TPSA) is 205 Å². The lowest BCUT2D eigenvalue weighted by Crippen LogP contribution is -2.32. The van der Waals surface area contributed by atoms with Crippen molar-refractivity contribution in [3.8, 4) is 23.6 Å². The molecule has 1 heterocycles. The van der Waals surface area contributed by atoms with Crippen molar-refractivity contribution in [2.24, 2.45) is 47.3 Å². The van der Waals surface area contributed by atoms with Gasteiger partial charge >= 0.3 is 35.8 Å². The largest absolute Gasteiger partial charge is 0.465 e. The third-order valence-corrected chi connectivity index (χ3v) is 18.3. The van der Waals surface area contributed by atoms with E-state index in [0.717, 1.165) is 141 Å². The van der Waals surface area contributed by atoms with E-state index in [1.54, 1.807) is 6.07 Å². The highest BCUT2D eigenvalue weighted by molar-refractivity contribution is 8.24. The van der Waals surface area contributed by atoms with Crippen LogP contribution in [0.25, 0.3) is 0 Å². The number of benzene rings is 1. The molecule has 0 radical (unpaired) electrons. The van der Waals surface area contributed by atoms with Crippen LogP contribution in [0.4, 0.5) is 0 Å². The molecule has 1 aromatic carbocycles. The summed E-state index contributed by atoms with van der Waals surface area (Å²) in [6.07, 6.45) is 22.6. The Morgan fingerprint density at radius 2 is 0.849 bits per heavy atom. The molecule has 1 aromatic rings. The second-order valence-corrected chi connectivity index (χ2v) is 22.8. The van der Waals surface area contributed by atoms with Crippen LogP contribution < -0.4 is 9.47 Å². The van der Waals surface area contributed by atoms with Gasteiger partial charge in [0.2, 0.25) is 0 Å². The number of nitriles is 2. The number of unbranched alkanes of at least 4 members (excludes halogenated alkanes) is 6. The van der Waals surface area contributed by atoms with Crippen molar-refractivity contribution in [1.29, 1.82) is 10.5 Å². The summed E-state index contributed by atoms with van der Waals surface area (Å²) in [7, 11) is 0. The summed E-state index contributed by atoms with van der Waals surface area (Å²) in [5.41, 5.74) is 0.561. The lowest BCUT2D eigenvalue weighted by atomic mass is 9.69. The van der Waals surface area contributed by atoms with Gasteiger partial charge in [0.15, 0.2) is 0 Å². The fraction of sp³-hybridized carbons (Fsp3) is 0.649. The molecule has 0 aromatic heterocycles. The predicted molar refractivity (Wildman–Crippen MR) is 275 cm³/mol. The van der Waals surface area contributed by atoms with Crippen LogP contribution in [0.2, 0.25) is 0 Å². The van der Waals surface area contributed by atoms with E-state index in [9.17, 15) is 39.3 Å². The minimum Gasteiger partial charge on any atom is -0.465 e. The molecule has 14 nitrogen and oxygen atoms in total. The van der Waals surface area contributed by atoms with E-state index in [1.165, 1.54) is 23.5 Å². The van der Waals surface area contributed by atoms with E-state index in [1.807, 2.05) is 19.1 Å². The summed E-state index contributed by atoms with van der Waals surface area (Å²) in [5, 5.41) is 19.5. The summed E-state index contributed by atoms with van der Waals surface area (Å²) < 4.78 is 34.0. The molecule has 6 rings (SSSR count). The number of fused-ring (bicyclic) bond motifs is 1. The maximum absolute atomic E-state index is 13.9. The summed E-state index contributed by atoms with van der Waals surface area (Å²) in [6.45, 7) is 10.1. The molecule has 0 unspecified atom stereocenters. The Bertz CT molecular complexity index is 2220. The normalized spacial score (nSPS) is 24.6. The van der Waals surface area contributed by atoms with E-state index >= 15 is 0 Å². The molecule has 4 aliphatic carbocycles. The van der Waals surface area contributed by atoms with Gasteiger partial charge in [-0.25, -0.2) is 9.59 Å². The molecule has 4 saturated carbocycles. The van der Waals surface area contributed by atoms with Gasteiger partial charge in [0, 0.05) is 12.2 Å². The highest BCUT2D eigenvalue weighted by atomic mass is 32.2. The van der Waals surface area contributed by atoms with Crippen molar-refractivity contribution in [3.05, 3.63) is 46.8 Å². The number of carbonyl (C=O) groups excluding carboxylic acids is 6. The van der Waals surface area contributed by atoms with Crippen LogP contribution in [0.15, 0.2) is 51.0 Å². The standard InChI is InChI=1S/C57H74N2O12S2/c1-4-48(60)66-30-10-6-8-12-32-68-53(62)42-22-14-38(15-23-42)40-18-26-44(27-19-40)55(64)70-47-34-37(3)50(52-51(47)72-57(73-52)46(35-58)36-59)71-56(65)45-28-20-41(21-29-45)39-16-24-43(25-17-39)54(63)69-33-13-9-7-11-31-67-49(61)5-2/h4-5,34,38-45H,1-2,6-33H2,3H3. The molecule has 4 fully saturated rings. The average molecular weight is 1040 g/mol. The Morgan fingerprint density at radius 1 is 0.507 bits per heavy atom. The van der Waals surface area contributed by atoms with Gasteiger partial charge in [-0.1, -0.05) is 36.7 Å². The third-order valence-electron chi connectivity index (χ3n) is 15.7. The van der Waals surface area contributed by atoms with Crippen molar-refractivity contribution in [2.75, 3.05) is 26.4 Å². The zero-order valence-electron chi connectivity index (χ0n) is 42.7. The number of thioether (sulfide) groups is 2. The van der Waals surface area contributed by atoms with Gasteiger partial charge in [0.1, 0.15) is 29.2 Å². The minimum absolute atomic E-state index is 0.0603. The lowest BCUT2D eigenvalue weighted by Gasteiger charge is -2.37. The number of carbonyl (C=O) groups is 6. The van der Waals surface area contributed by atoms with Gasteiger partial charge in [-0.2, -0.15) is 10.5 Å². The number of aryl methyl sites for hydroxylation is 1. The molecule has 16 heteroatoms. The molecule has 0 atom stereocenters. The second kappa shape index (κ2) is 29.7. The molecule has 0 amide bonds. The van der Waals surface area contributed by atoms with Crippen LogP contribution in [-0.4, -0.2) is 62.2 Å². The van der Waals surface area contributed by atoms with Crippen molar-refractivity contribution in [1.82, 2.24) is 0 Å². The number of nitrogens with zero attached hydrogens (tertiary/aromatic N) is 2. The SMILES string of the molecule is C=CC(=O)OCCCCCCOC(=O)C1CCC(C2CCC(C(=O)Oc3cc(C)c(OC(=O)C4CCC(C5CCC(C(=O)OCCCCCCOC(=O)C=C)CC5)CC4)c4c3SC(=C(C#N)C#N)S4)CC2)CC1. The molecule has 0 spiro atoms. The van der Waals surface area contributed by atoms with Crippen molar-refractivity contribution < 1.29 is 57.2 Å². The van der Waals surface area contributed by atoms with Crippen LogP contribution in [0, 0.1) is 76.9 Å². The molecule has 0 saturated heterocycles. The second-order valence-electron chi connectivity index (χ2n) is 20.5. The van der Waals surface area contributed by atoms with E-state index in [4.69, 9.17) is 28.4 Å². The van der Waals surface area contributed by atoms with Crippen LogP contribution in [0.3, 0.4) is 0 Å². The number of rotatable bonds is 24. The van der Waals surface area contributed by atoms with Crippen LogP contribution >= 0.6 is 23.5 Å². The first-order valence-electron chi connectivity index (χ1n) is 26.9. The van der Waals surface area contributed by atoms with Gasteiger partial charge in [0.05, 0.1) is 64.1 Å². The zero-order chi connectivity index (χ0) is 52.1. The van der Waals surface area contributed by atoms with E-state index in [-0.39, 0.29) is 53.1 Å². The minimum atomic E-state index is -0.414. The quantitative estimate of drug-likeness (QED) is 0.0236. The average Bonchev–Trinajstić information content (AvgIpc) is 3.86. The highest BCUT2D eigenvalue weighted by Crippen LogP contribution is 2.60. The summed E-state index contributed by atoms with van der Waals surface area (Å²) in [6, 6.07) is 5.68. The van der Waals surface area contributed by atoms with Gasteiger partial charge in [-0.15, -0.1) is 0 Å². The number of hydrogen-bond donors (Lipinski definition) is 0. The molecular formula is C57H74N2O12S2. The zero-order valence-corrected chi connectivity index (χ0v) is 44.3. The Hall–Kier alpha value is -5.06. The fourth-order valence-corrected chi connectivity index (χ4v) is 13.9. The molecule has 0 N–H and O–H groups in total. The fourth-order valence-electron chi connectivity index (χ4n) is 11.4. The maximum atomic E-state index is 13.9. The van der Waals surface area contributed by atoms with Gasteiger partial charge in [-0.05, 0) is 196 Å². The van der Waals surface area contributed by atoms with Crippen LogP contribution in [0.5, 0.6) is 11.5 Å². The molecule has 396 valence electrons. The number of allylic oxidation sites excluding steroid dienone is 1. The predicted octanol–water partition coefficient (Wildman–Crippen LogP) is 12.2. The first-order valence-corrected chi connectivity index (χ1v) is 28.5. The van der Waals surface area contributed by atoms with Crippen molar-refractivity contribution in [2.45, 2.75) is 171 Å². The van der Waals surface area contributed by atoms with E-state index < -0.39 is 11.9 Å². The Labute approximate surface area is 440 Å². The first-order chi connectivity index (χ1) is 35.4. The van der Waals surface area contributed by atoms with E-state index in [2.05, 4.69) is 13.2 Å². The molecule has 73 heavy (non-hydrogen) atoms. The Kier molecular flexibility index (Phi) is 23.3. The number of hydrogen-bond acceptors (Lipinski definition) is 16. The number of esters is 6. The molecule has 5 aliphatic rings. The smallest absolute Gasteiger partial charge is 0.330 e. The Balaban J connectivity index is 0.922. The van der Waals surface area contributed by atoms with Crippen LogP contribution in [-0.2, 0) is 47.7 Å². The third kappa shape index (κ3) is 17.0. The van der Waals surface area contributed by atoms with Crippen LogP contribution in [0.1, 0.15) is 160 Å². The van der Waals surface area contributed by atoms with Gasteiger partial charge in [-0.3, -0.25) is 19.2 Å². The highest BCUT2D eigenvalue weighted by Gasteiger charge is 2.39. The van der Waals surface area contributed by atoms with Gasteiger partial charge in [0.25, 0.3) is 0 Å². The van der Waals surface area contributed by atoms with E-state index in [0.29, 0.717) is 107 Å². The van der Waals surface area contributed by atoms with Gasteiger partial charge < -0.3 is 28.4 Å². The molecule has 1 aliphatic heterocycles. The monoisotopic (exact) mass is 1040 g/mol. The van der Waals surface area contributed by atoms with Crippen molar-refractivity contribution >= 4 is 59.3 Å². The summed E-state index contributed by atoms with van der Waals surface area (Å²) in [4.78, 5) is 76.7. The maximum Gasteiger partial charge on any atom is 0.330 e. The van der Waals surface area contributed by atoms with Crippen molar-refractivity contribution in [3.63, 3.8) is 0 Å². The molecular weight excluding hydrogens is 969 g/mol. The first kappa shape index (κ1) is 57.2. The molecule has 0 bridgehead atoms. The summed E-state index contributed by atoms with van der Waals surface area (Å²) in [5.74, 6) is 0.320.